The van der Waals surface area contributed by atoms with E-state index in [2.05, 4.69) is 13.8 Å². The van der Waals surface area contributed by atoms with Crippen LogP contribution < -0.4 is 11.5 Å². The molecule has 0 unspecified atom stereocenters. The Bertz CT molecular complexity index is 310. The molecular formula is C11H17FN2. The zero-order valence-electron chi connectivity index (χ0n) is 8.63. The molecule has 0 bridgehead atoms. The van der Waals surface area contributed by atoms with Gasteiger partial charge in [0.1, 0.15) is 5.82 Å². The smallest absolute Gasteiger partial charge is 0.146 e. The molecule has 14 heavy (non-hydrogen) atoms. The van der Waals surface area contributed by atoms with E-state index >= 15 is 0 Å². The molecule has 1 aromatic rings. The molecule has 0 heterocycles. The van der Waals surface area contributed by atoms with Crippen LogP contribution in [0.1, 0.15) is 31.9 Å². The maximum Gasteiger partial charge on any atom is 0.146 e. The Balaban J connectivity index is 2.80. The molecule has 0 spiro atoms. The lowest BCUT2D eigenvalue weighted by Gasteiger charge is -2.14. The van der Waals surface area contributed by atoms with E-state index in [4.69, 9.17) is 11.5 Å². The van der Waals surface area contributed by atoms with Gasteiger partial charge in [-0.2, -0.15) is 0 Å². The van der Waals surface area contributed by atoms with Gasteiger partial charge >= 0.3 is 0 Å². The minimum absolute atomic E-state index is 0.106. The van der Waals surface area contributed by atoms with Crippen LogP contribution >= 0.6 is 0 Å². The molecule has 0 fully saturated rings. The van der Waals surface area contributed by atoms with Crippen molar-refractivity contribution in [3.8, 4) is 0 Å². The minimum atomic E-state index is -0.387. The quantitative estimate of drug-likeness (QED) is 0.729. The third-order valence-electron chi connectivity index (χ3n) is 2.18. The first-order valence-corrected chi connectivity index (χ1v) is 4.81. The van der Waals surface area contributed by atoms with Crippen molar-refractivity contribution in [3.05, 3.63) is 29.6 Å². The number of nitrogens with two attached hydrogens (primary N) is 2. The van der Waals surface area contributed by atoms with Crippen molar-refractivity contribution >= 4 is 5.69 Å². The Hall–Kier alpha value is -1.09. The fraction of sp³-hybridized carbons (Fsp3) is 0.455. The lowest BCUT2D eigenvalue weighted by molar-refractivity contribution is 0.507. The van der Waals surface area contributed by atoms with Crippen LogP contribution in [-0.2, 0) is 0 Å². The fourth-order valence-corrected chi connectivity index (χ4v) is 1.42. The summed E-state index contributed by atoms with van der Waals surface area (Å²) in [5.41, 5.74) is 12.3. The molecule has 0 saturated heterocycles. The van der Waals surface area contributed by atoms with Gasteiger partial charge in [-0.3, -0.25) is 0 Å². The van der Waals surface area contributed by atoms with Gasteiger partial charge in [-0.1, -0.05) is 19.9 Å². The second-order valence-corrected chi connectivity index (χ2v) is 4.02. The van der Waals surface area contributed by atoms with Crippen LogP contribution in [0.3, 0.4) is 0 Å². The van der Waals surface area contributed by atoms with Gasteiger partial charge in [0.05, 0.1) is 5.69 Å². The first kappa shape index (κ1) is 11.0. The van der Waals surface area contributed by atoms with Crippen molar-refractivity contribution in [1.82, 2.24) is 0 Å². The fourth-order valence-electron chi connectivity index (χ4n) is 1.42. The van der Waals surface area contributed by atoms with E-state index in [-0.39, 0.29) is 17.5 Å². The topological polar surface area (TPSA) is 52.0 Å². The van der Waals surface area contributed by atoms with Crippen LogP contribution in [0.25, 0.3) is 0 Å². The summed E-state index contributed by atoms with van der Waals surface area (Å²) < 4.78 is 13.1. The van der Waals surface area contributed by atoms with Gasteiger partial charge in [-0.15, -0.1) is 0 Å². The van der Waals surface area contributed by atoms with Gasteiger partial charge < -0.3 is 11.5 Å². The van der Waals surface area contributed by atoms with Gasteiger partial charge in [0.2, 0.25) is 0 Å². The lowest BCUT2D eigenvalue weighted by atomic mass is 9.97. The summed E-state index contributed by atoms with van der Waals surface area (Å²) in [5, 5.41) is 0. The second kappa shape index (κ2) is 4.42. The SMILES string of the molecule is CC(C)C[C@@H](N)c1ccc(N)c(F)c1. The predicted molar refractivity (Wildman–Crippen MR) is 57.2 cm³/mol. The van der Waals surface area contributed by atoms with E-state index in [1.807, 2.05) is 0 Å². The van der Waals surface area contributed by atoms with E-state index in [1.165, 1.54) is 6.07 Å². The Morgan fingerprint density at radius 1 is 1.36 bits per heavy atom. The summed E-state index contributed by atoms with van der Waals surface area (Å²) in [7, 11) is 0. The van der Waals surface area contributed by atoms with Crippen LogP contribution in [0.2, 0.25) is 0 Å². The molecule has 78 valence electrons. The molecule has 2 nitrogen and oxygen atoms in total. The Labute approximate surface area is 84.1 Å². The van der Waals surface area contributed by atoms with Crippen molar-refractivity contribution in [1.29, 1.82) is 0 Å². The molecule has 0 radical (unpaired) electrons. The molecule has 0 aliphatic heterocycles. The summed E-state index contributed by atoms with van der Waals surface area (Å²) in [6, 6.07) is 4.66. The summed E-state index contributed by atoms with van der Waals surface area (Å²) in [5.74, 6) is 0.118. The molecule has 1 rings (SSSR count). The van der Waals surface area contributed by atoms with Crippen molar-refractivity contribution in [2.45, 2.75) is 26.3 Å². The molecule has 0 saturated carbocycles. The number of benzene rings is 1. The largest absolute Gasteiger partial charge is 0.396 e. The normalized spacial score (nSPS) is 13.2. The average Bonchev–Trinajstić information content (AvgIpc) is 2.08. The summed E-state index contributed by atoms with van der Waals surface area (Å²) in [4.78, 5) is 0. The van der Waals surface area contributed by atoms with Crippen LogP contribution in [0.5, 0.6) is 0 Å². The minimum Gasteiger partial charge on any atom is -0.396 e. The molecule has 4 N–H and O–H groups in total. The molecule has 3 heteroatoms. The van der Waals surface area contributed by atoms with Crippen molar-refractivity contribution in [2.75, 3.05) is 5.73 Å². The van der Waals surface area contributed by atoms with Crippen LogP contribution in [0.15, 0.2) is 18.2 Å². The summed E-state index contributed by atoms with van der Waals surface area (Å²) >= 11 is 0. The molecule has 0 aliphatic rings. The second-order valence-electron chi connectivity index (χ2n) is 4.02. The monoisotopic (exact) mass is 196 g/mol. The van der Waals surface area contributed by atoms with Gasteiger partial charge in [-0.05, 0) is 30.0 Å². The lowest BCUT2D eigenvalue weighted by Crippen LogP contribution is -2.13. The molecule has 1 aromatic carbocycles. The van der Waals surface area contributed by atoms with Crippen LogP contribution in [0.4, 0.5) is 10.1 Å². The first-order chi connectivity index (χ1) is 6.50. The number of hydrogen-bond acceptors (Lipinski definition) is 2. The van der Waals surface area contributed by atoms with E-state index in [0.29, 0.717) is 5.92 Å². The maximum atomic E-state index is 13.1. The van der Waals surface area contributed by atoms with Gasteiger partial charge in [0.25, 0.3) is 0 Å². The summed E-state index contributed by atoms with van der Waals surface area (Å²) in [6.07, 6.45) is 0.851. The highest BCUT2D eigenvalue weighted by molar-refractivity contribution is 5.41. The number of rotatable bonds is 3. The number of hydrogen-bond donors (Lipinski definition) is 2. The van der Waals surface area contributed by atoms with Crippen LogP contribution in [-0.4, -0.2) is 0 Å². The van der Waals surface area contributed by atoms with E-state index in [9.17, 15) is 4.39 Å². The van der Waals surface area contributed by atoms with Gasteiger partial charge in [0.15, 0.2) is 0 Å². The highest BCUT2D eigenvalue weighted by Crippen LogP contribution is 2.21. The molecular weight excluding hydrogens is 179 g/mol. The van der Waals surface area contributed by atoms with Gasteiger partial charge in [-0.25, -0.2) is 4.39 Å². The van der Waals surface area contributed by atoms with Crippen LogP contribution in [0, 0.1) is 11.7 Å². The zero-order valence-corrected chi connectivity index (χ0v) is 8.63. The van der Waals surface area contributed by atoms with Crippen molar-refractivity contribution < 1.29 is 4.39 Å². The number of anilines is 1. The van der Waals surface area contributed by atoms with E-state index in [0.717, 1.165) is 12.0 Å². The molecule has 0 aromatic heterocycles. The van der Waals surface area contributed by atoms with Gasteiger partial charge in [0, 0.05) is 6.04 Å². The Morgan fingerprint density at radius 2 is 2.00 bits per heavy atom. The predicted octanol–water partition coefficient (Wildman–Crippen LogP) is 2.45. The summed E-state index contributed by atoms with van der Waals surface area (Å²) in [6.45, 7) is 4.18. The van der Waals surface area contributed by atoms with Crippen molar-refractivity contribution in [3.63, 3.8) is 0 Å². The van der Waals surface area contributed by atoms with E-state index in [1.54, 1.807) is 12.1 Å². The third kappa shape index (κ3) is 2.70. The van der Waals surface area contributed by atoms with Crippen molar-refractivity contribution in [2.24, 2.45) is 11.7 Å². The highest BCUT2D eigenvalue weighted by atomic mass is 19.1. The molecule has 1 atom stereocenters. The Morgan fingerprint density at radius 3 is 2.50 bits per heavy atom. The van der Waals surface area contributed by atoms with E-state index < -0.39 is 0 Å². The Kier molecular flexibility index (Phi) is 3.47. The maximum absolute atomic E-state index is 13.1. The third-order valence-corrected chi connectivity index (χ3v) is 2.18. The molecule has 0 aliphatic carbocycles. The number of halogens is 1. The molecule has 0 amide bonds. The zero-order chi connectivity index (χ0) is 10.7. The first-order valence-electron chi connectivity index (χ1n) is 4.81. The standard InChI is InChI=1S/C11H17FN2/c1-7(2)5-11(14)8-3-4-10(13)9(12)6-8/h3-4,6-7,11H,5,13-14H2,1-2H3/t11-/m1/s1. The highest BCUT2D eigenvalue weighted by Gasteiger charge is 2.09. The average molecular weight is 196 g/mol. The number of nitrogen functional groups attached to an aromatic ring is 1.